The van der Waals surface area contributed by atoms with E-state index in [1.54, 1.807) is 0 Å². The van der Waals surface area contributed by atoms with Crippen LogP contribution in [-0.2, 0) is 6.54 Å². The molecule has 1 aromatic rings. The highest BCUT2D eigenvalue weighted by atomic mass is 15.2. The number of rotatable bonds is 5. The van der Waals surface area contributed by atoms with E-state index in [1.807, 2.05) is 0 Å². The van der Waals surface area contributed by atoms with Gasteiger partial charge in [-0.1, -0.05) is 24.6 Å². The van der Waals surface area contributed by atoms with Gasteiger partial charge >= 0.3 is 0 Å². The van der Waals surface area contributed by atoms with Crippen LogP contribution in [0.2, 0.25) is 0 Å². The fraction of sp³-hybridized carbons (Fsp3) is 0.647. The maximum absolute atomic E-state index is 3.46. The molecule has 2 rings (SSSR count). The molecule has 0 saturated carbocycles. The standard InChI is InChI=1S/C17H29N3/c1-5-18-13-15-12-14(2)6-7-17(15)20(4)16-8-10-19(3)11-9-16/h6-7,12,16,18H,5,8-11,13H2,1-4H3. The highest BCUT2D eigenvalue weighted by molar-refractivity contribution is 5.55. The molecular formula is C17H29N3. The van der Waals surface area contributed by atoms with Crippen molar-refractivity contribution in [2.45, 2.75) is 39.3 Å². The molecule has 1 saturated heterocycles. The molecule has 3 nitrogen and oxygen atoms in total. The third-order valence-electron chi connectivity index (χ3n) is 4.42. The van der Waals surface area contributed by atoms with E-state index in [0.717, 1.165) is 13.1 Å². The van der Waals surface area contributed by atoms with E-state index in [2.05, 4.69) is 61.3 Å². The van der Waals surface area contributed by atoms with Gasteiger partial charge in [-0.15, -0.1) is 0 Å². The second kappa shape index (κ2) is 7.09. The summed E-state index contributed by atoms with van der Waals surface area (Å²) < 4.78 is 0. The van der Waals surface area contributed by atoms with E-state index < -0.39 is 0 Å². The van der Waals surface area contributed by atoms with Crippen molar-refractivity contribution in [1.29, 1.82) is 0 Å². The second-order valence-electron chi connectivity index (χ2n) is 6.06. The Bertz CT molecular complexity index is 422. The van der Waals surface area contributed by atoms with Gasteiger partial charge in [-0.3, -0.25) is 0 Å². The summed E-state index contributed by atoms with van der Waals surface area (Å²) in [4.78, 5) is 4.93. The molecule has 0 spiro atoms. The van der Waals surface area contributed by atoms with Crippen LogP contribution in [0.3, 0.4) is 0 Å². The van der Waals surface area contributed by atoms with Gasteiger partial charge in [-0.25, -0.2) is 0 Å². The molecule has 112 valence electrons. The number of aryl methyl sites for hydroxylation is 1. The van der Waals surface area contributed by atoms with Crippen LogP contribution in [0.25, 0.3) is 0 Å². The van der Waals surface area contributed by atoms with Gasteiger partial charge in [0.25, 0.3) is 0 Å². The van der Waals surface area contributed by atoms with Crippen molar-refractivity contribution >= 4 is 5.69 Å². The zero-order valence-corrected chi connectivity index (χ0v) is 13.4. The van der Waals surface area contributed by atoms with Gasteiger partial charge in [0, 0.05) is 25.3 Å². The summed E-state index contributed by atoms with van der Waals surface area (Å²) in [6, 6.07) is 7.52. The van der Waals surface area contributed by atoms with Crippen LogP contribution in [0.5, 0.6) is 0 Å². The lowest BCUT2D eigenvalue weighted by Crippen LogP contribution is -2.42. The number of piperidine rings is 1. The van der Waals surface area contributed by atoms with E-state index in [-0.39, 0.29) is 0 Å². The third kappa shape index (κ3) is 3.74. The first-order valence-electron chi connectivity index (χ1n) is 7.83. The molecule has 1 heterocycles. The highest BCUT2D eigenvalue weighted by Gasteiger charge is 2.22. The van der Waals surface area contributed by atoms with Crippen molar-refractivity contribution in [1.82, 2.24) is 10.2 Å². The summed E-state index contributed by atoms with van der Waals surface area (Å²) in [5.41, 5.74) is 4.16. The van der Waals surface area contributed by atoms with Crippen LogP contribution in [0, 0.1) is 6.92 Å². The monoisotopic (exact) mass is 275 g/mol. The molecular weight excluding hydrogens is 246 g/mol. The van der Waals surface area contributed by atoms with Crippen LogP contribution < -0.4 is 10.2 Å². The molecule has 20 heavy (non-hydrogen) atoms. The molecule has 1 fully saturated rings. The minimum Gasteiger partial charge on any atom is -0.371 e. The number of anilines is 1. The molecule has 1 aromatic carbocycles. The van der Waals surface area contributed by atoms with E-state index in [9.17, 15) is 0 Å². The van der Waals surface area contributed by atoms with E-state index in [4.69, 9.17) is 0 Å². The summed E-state index contributed by atoms with van der Waals surface area (Å²) in [7, 11) is 4.48. The summed E-state index contributed by atoms with van der Waals surface area (Å²) in [6.45, 7) is 8.74. The lowest BCUT2D eigenvalue weighted by Gasteiger charge is -2.37. The smallest absolute Gasteiger partial charge is 0.0411 e. The maximum atomic E-state index is 3.46. The van der Waals surface area contributed by atoms with Gasteiger partial charge in [0.1, 0.15) is 0 Å². The van der Waals surface area contributed by atoms with Crippen molar-refractivity contribution < 1.29 is 0 Å². The van der Waals surface area contributed by atoms with Crippen LogP contribution in [0.1, 0.15) is 30.9 Å². The van der Waals surface area contributed by atoms with Crippen molar-refractivity contribution in [3.8, 4) is 0 Å². The first-order chi connectivity index (χ1) is 9.61. The summed E-state index contributed by atoms with van der Waals surface area (Å²) >= 11 is 0. The molecule has 0 atom stereocenters. The highest BCUT2D eigenvalue weighted by Crippen LogP contribution is 2.26. The topological polar surface area (TPSA) is 18.5 Å². The molecule has 1 aliphatic heterocycles. The quantitative estimate of drug-likeness (QED) is 0.891. The number of nitrogens with zero attached hydrogens (tertiary/aromatic N) is 2. The second-order valence-corrected chi connectivity index (χ2v) is 6.06. The zero-order valence-electron chi connectivity index (χ0n) is 13.4. The summed E-state index contributed by atoms with van der Waals surface area (Å²) in [5.74, 6) is 0. The molecule has 0 aromatic heterocycles. The average molecular weight is 275 g/mol. The number of hydrogen-bond acceptors (Lipinski definition) is 3. The van der Waals surface area contributed by atoms with Gasteiger partial charge in [-0.05, 0) is 58.1 Å². The number of benzene rings is 1. The Kier molecular flexibility index (Phi) is 5.44. The fourth-order valence-corrected chi connectivity index (χ4v) is 3.04. The Morgan fingerprint density at radius 2 is 2.00 bits per heavy atom. The van der Waals surface area contributed by atoms with Crippen LogP contribution in [-0.4, -0.2) is 44.7 Å². The third-order valence-corrected chi connectivity index (χ3v) is 4.42. The lowest BCUT2D eigenvalue weighted by molar-refractivity contribution is 0.252. The van der Waals surface area contributed by atoms with E-state index in [0.29, 0.717) is 6.04 Å². The number of hydrogen-bond donors (Lipinski definition) is 1. The molecule has 0 aliphatic carbocycles. The summed E-state index contributed by atoms with van der Waals surface area (Å²) in [5, 5.41) is 3.46. The normalized spacial score (nSPS) is 17.4. The maximum Gasteiger partial charge on any atom is 0.0411 e. The Morgan fingerprint density at radius 1 is 1.30 bits per heavy atom. The predicted molar refractivity (Wildman–Crippen MR) is 87.5 cm³/mol. The van der Waals surface area contributed by atoms with E-state index in [1.165, 1.54) is 42.7 Å². The molecule has 0 bridgehead atoms. The number of nitrogens with one attached hydrogen (secondary N) is 1. The Balaban J connectivity index is 2.13. The largest absolute Gasteiger partial charge is 0.371 e. The Morgan fingerprint density at radius 3 is 2.65 bits per heavy atom. The van der Waals surface area contributed by atoms with Gasteiger partial charge < -0.3 is 15.1 Å². The molecule has 1 aliphatic rings. The van der Waals surface area contributed by atoms with Crippen molar-refractivity contribution in [2.24, 2.45) is 0 Å². The zero-order chi connectivity index (χ0) is 14.5. The molecule has 3 heteroatoms. The van der Waals surface area contributed by atoms with Gasteiger partial charge in [0.2, 0.25) is 0 Å². The molecule has 0 radical (unpaired) electrons. The van der Waals surface area contributed by atoms with Gasteiger partial charge in [0.05, 0.1) is 0 Å². The molecule has 0 amide bonds. The van der Waals surface area contributed by atoms with E-state index >= 15 is 0 Å². The fourth-order valence-electron chi connectivity index (χ4n) is 3.04. The van der Waals surface area contributed by atoms with Crippen LogP contribution in [0.4, 0.5) is 5.69 Å². The summed E-state index contributed by atoms with van der Waals surface area (Å²) in [6.07, 6.45) is 2.53. The first-order valence-corrected chi connectivity index (χ1v) is 7.83. The Labute approximate surface area is 124 Å². The first kappa shape index (κ1) is 15.3. The Hall–Kier alpha value is -1.06. The minimum atomic E-state index is 0.675. The van der Waals surface area contributed by atoms with Gasteiger partial charge in [-0.2, -0.15) is 0 Å². The molecule has 1 N–H and O–H groups in total. The van der Waals surface area contributed by atoms with Crippen molar-refractivity contribution in [2.75, 3.05) is 38.6 Å². The number of likely N-dealkylation sites (tertiary alicyclic amines) is 1. The van der Waals surface area contributed by atoms with Crippen molar-refractivity contribution in [3.63, 3.8) is 0 Å². The van der Waals surface area contributed by atoms with Crippen LogP contribution >= 0.6 is 0 Å². The molecule has 0 unspecified atom stereocenters. The van der Waals surface area contributed by atoms with Crippen molar-refractivity contribution in [3.05, 3.63) is 29.3 Å². The lowest BCUT2D eigenvalue weighted by atomic mass is 10.0. The average Bonchev–Trinajstić information content (AvgIpc) is 2.45. The predicted octanol–water partition coefficient (Wildman–Crippen LogP) is 2.63. The minimum absolute atomic E-state index is 0.675. The van der Waals surface area contributed by atoms with Gasteiger partial charge in [0.15, 0.2) is 0 Å². The SMILES string of the molecule is CCNCc1cc(C)ccc1N(C)C1CCN(C)CC1. The van der Waals surface area contributed by atoms with Crippen LogP contribution in [0.15, 0.2) is 18.2 Å².